The van der Waals surface area contributed by atoms with E-state index in [1.165, 1.54) is 6.07 Å². The summed E-state index contributed by atoms with van der Waals surface area (Å²) in [5, 5.41) is 21.5. The van der Waals surface area contributed by atoms with Crippen LogP contribution in [0.25, 0.3) is 10.8 Å². The second-order valence-corrected chi connectivity index (χ2v) is 3.88. The molecule has 2 aromatic rings. The van der Waals surface area contributed by atoms with Crippen LogP contribution < -0.4 is 0 Å². The van der Waals surface area contributed by atoms with Gasteiger partial charge in [-0.3, -0.25) is 10.1 Å². The van der Waals surface area contributed by atoms with Crippen molar-refractivity contribution in [3.8, 4) is 5.75 Å². The van der Waals surface area contributed by atoms with Crippen molar-refractivity contribution in [1.29, 1.82) is 0 Å². The van der Waals surface area contributed by atoms with E-state index in [0.29, 0.717) is 5.39 Å². The fraction of sp³-hybridized carbons (Fsp3) is 0. The van der Waals surface area contributed by atoms with E-state index in [0.717, 1.165) is 9.86 Å². The van der Waals surface area contributed by atoms with E-state index in [2.05, 4.69) is 15.9 Å². The van der Waals surface area contributed by atoms with Gasteiger partial charge in [-0.25, -0.2) is 0 Å². The summed E-state index contributed by atoms with van der Waals surface area (Å²) in [5.74, 6) is -0.293. The topological polar surface area (TPSA) is 63.4 Å². The normalized spacial score (nSPS) is 10.5. The van der Waals surface area contributed by atoms with Gasteiger partial charge in [-0.2, -0.15) is 0 Å². The van der Waals surface area contributed by atoms with Gasteiger partial charge in [-0.05, 0) is 12.1 Å². The SMILES string of the molecule is O=[N+]([O-])c1ccc2c(Br)cccc2c1O. The molecule has 2 rings (SSSR count). The summed E-state index contributed by atoms with van der Waals surface area (Å²) in [7, 11) is 0. The van der Waals surface area contributed by atoms with Crippen molar-refractivity contribution in [3.63, 3.8) is 0 Å². The standard InChI is InChI=1S/C10H6BrNO3/c11-8-3-1-2-7-6(8)4-5-9(10(7)13)12(14)15/h1-5,13H. The summed E-state index contributed by atoms with van der Waals surface area (Å²) in [6.07, 6.45) is 0. The van der Waals surface area contributed by atoms with Crippen LogP contribution in [0.5, 0.6) is 5.75 Å². The van der Waals surface area contributed by atoms with Crippen molar-refractivity contribution in [2.75, 3.05) is 0 Å². The lowest BCUT2D eigenvalue weighted by Gasteiger charge is -2.03. The van der Waals surface area contributed by atoms with Gasteiger partial charge in [0.25, 0.3) is 0 Å². The van der Waals surface area contributed by atoms with Crippen LogP contribution in [0.4, 0.5) is 5.69 Å². The van der Waals surface area contributed by atoms with Crippen LogP contribution in [-0.4, -0.2) is 10.0 Å². The van der Waals surface area contributed by atoms with Crippen LogP contribution >= 0.6 is 15.9 Å². The molecule has 0 aliphatic carbocycles. The smallest absolute Gasteiger partial charge is 0.311 e. The minimum atomic E-state index is -0.602. The van der Waals surface area contributed by atoms with Crippen molar-refractivity contribution in [2.45, 2.75) is 0 Å². The van der Waals surface area contributed by atoms with Gasteiger partial charge in [-0.15, -0.1) is 0 Å². The number of rotatable bonds is 1. The summed E-state index contributed by atoms with van der Waals surface area (Å²) in [6, 6.07) is 8.07. The Labute approximate surface area is 93.4 Å². The third kappa shape index (κ3) is 1.55. The lowest BCUT2D eigenvalue weighted by atomic mass is 10.1. The molecule has 0 heterocycles. The van der Waals surface area contributed by atoms with Crippen molar-refractivity contribution in [1.82, 2.24) is 0 Å². The number of phenols is 1. The van der Waals surface area contributed by atoms with Crippen molar-refractivity contribution in [2.24, 2.45) is 0 Å². The van der Waals surface area contributed by atoms with Gasteiger partial charge in [0, 0.05) is 21.3 Å². The Morgan fingerprint density at radius 2 is 1.93 bits per heavy atom. The third-order valence-corrected chi connectivity index (χ3v) is 2.85. The fourth-order valence-corrected chi connectivity index (χ4v) is 1.94. The first-order valence-electron chi connectivity index (χ1n) is 4.16. The molecule has 0 aliphatic rings. The zero-order valence-corrected chi connectivity index (χ0v) is 9.06. The average Bonchev–Trinajstić information content (AvgIpc) is 2.19. The molecule has 1 N–H and O–H groups in total. The predicted octanol–water partition coefficient (Wildman–Crippen LogP) is 3.22. The number of halogens is 1. The molecule has 0 saturated carbocycles. The fourth-order valence-electron chi connectivity index (χ4n) is 1.44. The number of nitrogens with zero attached hydrogens (tertiary/aromatic N) is 1. The molecule has 0 spiro atoms. The van der Waals surface area contributed by atoms with Crippen LogP contribution in [0.3, 0.4) is 0 Å². The Balaban J connectivity index is 2.86. The molecule has 15 heavy (non-hydrogen) atoms. The molecule has 0 unspecified atom stereocenters. The molecule has 0 fully saturated rings. The number of hydrogen-bond donors (Lipinski definition) is 1. The maximum Gasteiger partial charge on any atom is 0.311 e. The lowest BCUT2D eigenvalue weighted by Crippen LogP contribution is -1.89. The molecule has 0 aliphatic heterocycles. The van der Waals surface area contributed by atoms with E-state index < -0.39 is 4.92 Å². The number of hydrogen-bond acceptors (Lipinski definition) is 3. The van der Waals surface area contributed by atoms with Gasteiger partial charge in [0.2, 0.25) is 5.75 Å². The zero-order chi connectivity index (χ0) is 11.0. The molecule has 4 nitrogen and oxygen atoms in total. The van der Waals surface area contributed by atoms with E-state index in [-0.39, 0.29) is 11.4 Å². The highest BCUT2D eigenvalue weighted by Gasteiger charge is 2.16. The Kier molecular flexibility index (Phi) is 2.32. The summed E-state index contributed by atoms with van der Waals surface area (Å²) in [5.41, 5.74) is -0.277. The Morgan fingerprint density at radius 3 is 2.60 bits per heavy atom. The number of benzene rings is 2. The third-order valence-electron chi connectivity index (χ3n) is 2.16. The van der Waals surface area contributed by atoms with Gasteiger partial charge in [0.1, 0.15) is 0 Å². The van der Waals surface area contributed by atoms with E-state index in [9.17, 15) is 15.2 Å². The highest BCUT2D eigenvalue weighted by molar-refractivity contribution is 9.10. The molecule has 0 amide bonds. The largest absolute Gasteiger partial charge is 0.502 e. The highest BCUT2D eigenvalue weighted by atomic mass is 79.9. The highest BCUT2D eigenvalue weighted by Crippen LogP contribution is 2.36. The van der Waals surface area contributed by atoms with E-state index in [1.54, 1.807) is 18.2 Å². The van der Waals surface area contributed by atoms with Crippen molar-refractivity contribution in [3.05, 3.63) is 44.9 Å². The van der Waals surface area contributed by atoms with Gasteiger partial charge in [0.05, 0.1) is 4.92 Å². The monoisotopic (exact) mass is 267 g/mol. The number of nitro benzene ring substituents is 1. The number of nitro groups is 1. The van der Waals surface area contributed by atoms with Crippen LogP contribution in [0.15, 0.2) is 34.8 Å². The molecule has 0 aromatic heterocycles. The first kappa shape index (κ1) is 9.92. The second-order valence-electron chi connectivity index (χ2n) is 3.03. The van der Waals surface area contributed by atoms with Gasteiger partial charge < -0.3 is 5.11 Å². The van der Waals surface area contributed by atoms with Crippen molar-refractivity contribution >= 4 is 32.4 Å². The van der Waals surface area contributed by atoms with Crippen molar-refractivity contribution < 1.29 is 10.0 Å². The molecule has 0 atom stereocenters. The average molecular weight is 268 g/mol. The van der Waals surface area contributed by atoms with Gasteiger partial charge in [0.15, 0.2) is 0 Å². The number of fused-ring (bicyclic) bond motifs is 1. The molecule has 0 bridgehead atoms. The van der Waals surface area contributed by atoms with Crippen LogP contribution in [0.2, 0.25) is 0 Å². The van der Waals surface area contributed by atoms with E-state index in [1.807, 2.05) is 6.07 Å². The van der Waals surface area contributed by atoms with Gasteiger partial charge >= 0.3 is 5.69 Å². The Bertz CT molecular complexity index is 554. The molecule has 76 valence electrons. The first-order chi connectivity index (χ1) is 7.11. The Hall–Kier alpha value is -1.62. The number of phenolic OH excluding ortho intramolecular Hbond substituents is 1. The van der Waals surface area contributed by atoms with E-state index >= 15 is 0 Å². The maximum atomic E-state index is 10.6. The minimum Gasteiger partial charge on any atom is -0.502 e. The first-order valence-corrected chi connectivity index (χ1v) is 4.95. The molecule has 2 aromatic carbocycles. The van der Waals surface area contributed by atoms with Crippen LogP contribution in [0, 0.1) is 10.1 Å². The molecule has 0 radical (unpaired) electrons. The summed E-state index contributed by atoms with van der Waals surface area (Å²) in [4.78, 5) is 9.98. The van der Waals surface area contributed by atoms with Crippen LogP contribution in [-0.2, 0) is 0 Å². The molecule has 0 saturated heterocycles. The summed E-state index contributed by atoms with van der Waals surface area (Å²) in [6.45, 7) is 0. The quantitative estimate of drug-likeness (QED) is 0.638. The minimum absolute atomic E-state index is 0.277. The molecular formula is C10H6BrNO3. The maximum absolute atomic E-state index is 10.6. The Morgan fingerprint density at radius 1 is 1.20 bits per heavy atom. The second kappa shape index (κ2) is 3.51. The van der Waals surface area contributed by atoms with E-state index in [4.69, 9.17) is 0 Å². The lowest BCUT2D eigenvalue weighted by molar-refractivity contribution is -0.385. The molecular weight excluding hydrogens is 262 g/mol. The summed E-state index contributed by atoms with van der Waals surface area (Å²) >= 11 is 3.31. The zero-order valence-electron chi connectivity index (χ0n) is 7.48. The number of aromatic hydroxyl groups is 1. The van der Waals surface area contributed by atoms with Gasteiger partial charge in [-0.1, -0.05) is 28.1 Å². The van der Waals surface area contributed by atoms with Crippen LogP contribution in [0.1, 0.15) is 0 Å². The molecule has 5 heteroatoms. The summed E-state index contributed by atoms with van der Waals surface area (Å²) < 4.78 is 0.796. The predicted molar refractivity (Wildman–Crippen MR) is 60.0 cm³/mol.